The maximum absolute atomic E-state index is 11.6. The zero-order valence-corrected chi connectivity index (χ0v) is 16.7. The van der Waals surface area contributed by atoms with E-state index in [2.05, 4.69) is 4.99 Å². The van der Waals surface area contributed by atoms with Gasteiger partial charge in [-0.25, -0.2) is 4.99 Å². The molecule has 0 bridgehead atoms. The number of hydrogen-bond acceptors (Lipinski definition) is 8. The highest BCUT2D eigenvalue weighted by molar-refractivity contribution is 5.73. The summed E-state index contributed by atoms with van der Waals surface area (Å²) in [6.45, 7) is 5.71. The van der Waals surface area contributed by atoms with Gasteiger partial charge in [0.25, 0.3) is 0 Å². The van der Waals surface area contributed by atoms with Gasteiger partial charge >= 0.3 is 5.97 Å². The molecule has 0 radical (unpaired) electrons. The Morgan fingerprint density at radius 3 is 2.57 bits per heavy atom. The van der Waals surface area contributed by atoms with E-state index in [0.717, 1.165) is 5.56 Å². The van der Waals surface area contributed by atoms with Crippen LogP contribution in [0.25, 0.3) is 0 Å². The van der Waals surface area contributed by atoms with E-state index in [1.807, 2.05) is 37.3 Å². The van der Waals surface area contributed by atoms with Crippen molar-refractivity contribution in [1.29, 1.82) is 0 Å². The van der Waals surface area contributed by atoms with Crippen molar-refractivity contribution in [2.24, 2.45) is 4.99 Å². The third-order valence-electron chi connectivity index (χ3n) is 4.25. The van der Waals surface area contributed by atoms with Crippen molar-refractivity contribution in [1.82, 2.24) is 0 Å². The monoisotopic (exact) mass is 395 g/mol. The van der Waals surface area contributed by atoms with Gasteiger partial charge < -0.3 is 28.8 Å². The van der Waals surface area contributed by atoms with Gasteiger partial charge in [-0.1, -0.05) is 30.3 Å². The lowest BCUT2D eigenvalue weighted by Crippen LogP contribution is -2.60. The molecule has 0 aliphatic carbocycles. The third-order valence-corrected chi connectivity index (χ3v) is 4.25. The first-order chi connectivity index (χ1) is 13.5. The lowest BCUT2D eigenvalue weighted by atomic mass is 9.97. The van der Waals surface area contributed by atoms with Crippen LogP contribution in [0.4, 0.5) is 0 Å². The summed E-state index contributed by atoms with van der Waals surface area (Å²) in [7, 11) is 1.47. The first-order valence-electron chi connectivity index (χ1n) is 9.28. The first kappa shape index (κ1) is 22.3. The van der Waals surface area contributed by atoms with Gasteiger partial charge in [0.05, 0.1) is 19.8 Å². The van der Waals surface area contributed by atoms with Gasteiger partial charge in [-0.05, 0) is 12.5 Å². The minimum absolute atomic E-state index is 0.106. The van der Waals surface area contributed by atoms with Crippen molar-refractivity contribution in [3.63, 3.8) is 0 Å². The largest absolute Gasteiger partial charge is 0.481 e. The molecule has 0 aromatic heterocycles. The number of ether oxygens (including phenoxy) is 5. The Morgan fingerprint density at radius 1 is 1.25 bits per heavy atom. The van der Waals surface area contributed by atoms with E-state index in [0.29, 0.717) is 19.1 Å². The predicted molar refractivity (Wildman–Crippen MR) is 102 cm³/mol. The van der Waals surface area contributed by atoms with Crippen LogP contribution in [0.15, 0.2) is 35.3 Å². The minimum Gasteiger partial charge on any atom is -0.481 e. The zero-order valence-electron chi connectivity index (χ0n) is 16.7. The average Bonchev–Trinajstić information content (AvgIpc) is 2.67. The van der Waals surface area contributed by atoms with Gasteiger partial charge in [0.15, 0.2) is 18.3 Å². The lowest BCUT2D eigenvalue weighted by molar-refractivity contribution is -0.264. The molecule has 0 saturated carbocycles. The van der Waals surface area contributed by atoms with Crippen molar-refractivity contribution >= 4 is 11.9 Å². The summed E-state index contributed by atoms with van der Waals surface area (Å²) >= 11 is 0. The first-order valence-corrected chi connectivity index (χ1v) is 9.28. The van der Waals surface area contributed by atoms with E-state index in [1.54, 1.807) is 6.92 Å². The molecule has 156 valence electrons. The molecule has 1 aliphatic rings. The predicted octanol–water partition coefficient (Wildman–Crippen LogP) is 1.69. The van der Waals surface area contributed by atoms with E-state index in [4.69, 9.17) is 23.7 Å². The fraction of sp³-hybridized carbons (Fsp3) is 0.600. The van der Waals surface area contributed by atoms with Crippen LogP contribution in [0.1, 0.15) is 26.3 Å². The molecule has 1 aromatic rings. The fourth-order valence-electron chi connectivity index (χ4n) is 3.02. The highest BCUT2D eigenvalue weighted by atomic mass is 16.7. The van der Waals surface area contributed by atoms with Gasteiger partial charge in [0.1, 0.15) is 18.2 Å². The van der Waals surface area contributed by atoms with E-state index in [1.165, 1.54) is 14.0 Å². The Labute approximate surface area is 165 Å². The Bertz CT molecular complexity index is 637. The molecular formula is C20H29NO7. The molecule has 1 aromatic carbocycles. The molecule has 0 spiro atoms. The summed E-state index contributed by atoms with van der Waals surface area (Å²) in [4.78, 5) is 16.0. The van der Waals surface area contributed by atoms with Crippen LogP contribution in [0.2, 0.25) is 0 Å². The smallest absolute Gasteiger partial charge is 0.303 e. The van der Waals surface area contributed by atoms with Crippen molar-refractivity contribution in [3.8, 4) is 0 Å². The number of hydrogen-bond donors (Lipinski definition) is 1. The Kier molecular flexibility index (Phi) is 8.85. The molecule has 8 nitrogen and oxygen atoms in total. The van der Waals surface area contributed by atoms with Crippen LogP contribution >= 0.6 is 0 Å². The quantitative estimate of drug-likeness (QED) is 0.406. The zero-order chi connectivity index (χ0) is 20.5. The molecule has 2 rings (SSSR count). The highest BCUT2D eigenvalue weighted by Gasteiger charge is 2.48. The average molecular weight is 395 g/mol. The second kappa shape index (κ2) is 11.1. The number of aliphatic hydroxyl groups excluding tert-OH is 1. The molecule has 0 amide bonds. The molecule has 8 heteroatoms. The number of carbonyl (C=O) groups is 1. The van der Waals surface area contributed by atoms with Crippen molar-refractivity contribution < 1.29 is 33.6 Å². The van der Waals surface area contributed by atoms with E-state index in [9.17, 15) is 9.90 Å². The fourth-order valence-corrected chi connectivity index (χ4v) is 3.02. The molecule has 1 aliphatic heterocycles. The molecule has 1 saturated heterocycles. The number of aliphatic hydroxyl groups is 1. The normalized spacial score (nSPS) is 28.0. The SMILES string of the molecule is CCOC(C)=N[C@H]1[C@H](OC)O[C@H](COCc2ccccc2)[C@@H](O)[C@@H]1OC(C)=O. The highest BCUT2D eigenvalue weighted by Crippen LogP contribution is 2.27. The van der Waals surface area contributed by atoms with Gasteiger partial charge in [0, 0.05) is 21.0 Å². The van der Waals surface area contributed by atoms with Crippen LogP contribution < -0.4 is 0 Å². The summed E-state index contributed by atoms with van der Waals surface area (Å²) in [6, 6.07) is 8.89. The summed E-state index contributed by atoms with van der Waals surface area (Å²) in [5.41, 5.74) is 1.00. The Morgan fingerprint density at radius 2 is 1.96 bits per heavy atom. The summed E-state index contributed by atoms with van der Waals surface area (Å²) in [6.07, 6.45) is -3.64. The van der Waals surface area contributed by atoms with Crippen molar-refractivity contribution in [2.45, 2.75) is 58.0 Å². The van der Waals surface area contributed by atoms with Crippen LogP contribution in [-0.4, -0.2) is 67.9 Å². The number of methoxy groups -OCH3 is 1. The minimum atomic E-state index is -1.13. The maximum atomic E-state index is 11.6. The number of rotatable bonds is 8. The summed E-state index contributed by atoms with van der Waals surface area (Å²) in [5, 5.41) is 10.8. The van der Waals surface area contributed by atoms with Crippen LogP contribution in [0.3, 0.4) is 0 Å². The van der Waals surface area contributed by atoms with Crippen LogP contribution in [-0.2, 0) is 35.1 Å². The van der Waals surface area contributed by atoms with E-state index < -0.39 is 36.6 Å². The van der Waals surface area contributed by atoms with Gasteiger partial charge in [-0.15, -0.1) is 0 Å². The Hall–Kier alpha value is -2.00. The Balaban J connectivity index is 2.10. The second-order valence-corrected chi connectivity index (χ2v) is 6.42. The lowest BCUT2D eigenvalue weighted by Gasteiger charge is -2.41. The van der Waals surface area contributed by atoms with Gasteiger partial charge in [0.2, 0.25) is 0 Å². The number of carbonyl (C=O) groups excluding carboxylic acids is 1. The number of nitrogens with zero attached hydrogens (tertiary/aromatic N) is 1. The van der Waals surface area contributed by atoms with Crippen LogP contribution in [0, 0.1) is 0 Å². The topological polar surface area (TPSA) is 95.8 Å². The summed E-state index contributed by atoms with van der Waals surface area (Å²) < 4.78 is 27.6. The second-order valence-electron chi connectivity index (χ2n) is 6.42. The molecule has 1 N–H and O–H groups in total. The third kappa shape index (κ3) is 6.27. The van der Waals surface area contributed by atoms with Crippen LogP contribution in [0.5, 0.6) is 0 Å². The molecule has 5 atom stereocenters. The number of aliphatic imine (C=N–C) groups is 1. The van der Waals surface area contributed by atoms with Crippen molar-refractivity contribution in [3.05, 3.63) is 35.9 Å². The standard InChI is InChI=1S/C20H29NO7/c1-5-26-13(2)21-17-19(27-14(3)22)18(23)16(28-20(17)24-4)12-25-11-15-9-7-6-8-10-15/h6-10,16-20,23H,5,11-12H2,1-4H3/t16-,17-,18-,19-,20-/m1/s1. The number of esters is 1. The maximum Gasteiger partial charge on any atom is 0.303 e. The van der Waals surface area contributed by atoms with Gasteiger partial charge in [-0.2, -0.15) is 0 Å². The molecule has 28 heavy (non-hydrogen) atoms. The molecule has 1 heterocycles. The molecule has 1 fully saturated rings. The molecule has 0 unspecified atom stereocenters. The van der Waals surface area contributed by atoms with E-state index >= 15 is 0 Å². The number of benzene rings is 1. The molecular weight excluding hydrogens is 366 g/mol. The van der Waals surface area contributed by atoms with E-state index in [-0.39, 0.29) is 6.61 Å². The van der Waals surface area contributed by atoms with Gasteiger partial charge in [-0.3, -0.25) is 4.79 Å². The van der Waals surface area contributed by atoms with Crippen molar-refractivity contribution in [2.75, 3.05) is 20.3 Å². The summed E-state index contributed by atoms with van der Waals surface area (Å²) in [5.74, 6) is -0.139.